The van der Waals surface area contributed by atoms with Crippen LogP contribution in [0.25, 0.3) is 0 Å². The van der Waals surface area contributed by atoms with Crippen LogP contribution in [0.4, 0.5) is 0 Å². The molecule has 3 amide bonds. The van der Waals surface area contributed by atoms with Crippen molar-refractivity contribution in [1.29, 1.82) is 0 Å². The van der Waals surface area contributed by atoms with Gasteiger partial charge in [0.15, 0.2) is 0 Å². The lowest BCUT2D eigenvalue weighted by atomic mass is 9.77. The summed E-state index contributed by atoms with van der Waals surface area (Å²) < 4.78 is 13.1. The molecule has 7 atom stereocenters. The average Bonchev–Trinajstić information content (AvgIpc) is 3.44. The Hall–Kier alpha value is -3.50. The van der Waals surface area contributed by atoms with Crippen molar-refractivity contribution in [3.05, 3.63) is 60.2 Å². The van der Waals surface area contributed by atoms with Crippen molar-refractivity contribution >= 4 is 23.7 Å². The summed E-state index contributed by atoms with van der Waals surface area (Å²) in [4.78, 5) is 61.5. The van der Waals surface area contributed by atoms with E-state index in [0.717, 1.165) is 37.7 Å². The Morgan fingerprint density at radius 3 is 2.49 bits per heavy atom. The maximum atomic E-state index is 14.5. The largest absolute Gasteiger partial charge is 0.455 e. The Morgan fingerprint density at radius 1 is 1.00 bits per heavy atom. The number of aliphatic hydroxyl groups excluding tert-OH is 1. The molecular weight excluding hydrogens is 574 g/mol. The summed E-state index contributed by atoms with van der Waals surface area (Å²) >= 11 is 0. The van der Waals surface area contributed by atoms with Gasteiger partial charge in [0.05, 0.1) is 18.1 Å². The van der Waals surface area contributed by atoms with Crippen molar-refractivity contribution in [2.45, 2.75) is 94.2 Å². The molecule has 10 heteroatoms. The number of hydrogen-bond acceptors (Lipinski definition) is 7. The normalized spacial score (nSPS) is 35.2. The maximum Gasteiger partial charge on any atom is 0.313 e. The predicted molar refractivity (Wildman–Crippen MR) is 165 cm³/mol. The number of cyclic esters (lactones) is 1. The Morgan fingerprint density at radius 2 is 1.76 bits per heavy atom. The van der Waals surface area contributed by atoms with Crippen molar-refractivity contribution in [2.24, 2.45) is 11.8 Å². The number of rotatable bonds is 5. The number of allylic oxidation sites excluding steroid dienone is 1. The molecule has 1 saturated carbocycles. The third kappa shape index (κ3) is 5.60. The summed E-state index contributed by atoms with van der Waals surface area (Å²) in [5, 5.41) is 9.71. The van der Waals surface area contributed by atoms with Gasteiger partial charge in [-0.1, -0.05) is 73.9 Å². The molecule has 1 N–H and O–H groups in total. The number of esters is 1. The lowest BCUT2D eigenvalue weighted by Gasteiger charge is -2.39. The van der Waals surface area contributed by atoms with Crippen molar-refractivity contribution in [3.8, 4) is 0 Å². The van der Waals surface area contributed by atoms with E-state index in [1.807, 2.05) is 60.4 Å². The highest BCUT2D eigenvalue weighted by atomic mass is 16.6. The zero-order valence-corrected chi connectivity index (χ0v) is 26.3. The number of fused-ring (bicyclic) bond motifs is 2. The molecule has 2 saturated heterocycles. The maximum absolute atomic E-state index is 14.5. The number of benzene rings is 1. The molecule has 6 rings (SSSR count). The van der Waals surface area contributed by atoms with Gasteiger partial charge < -0.3 is 29.3 Å². The minimum absolute atomic E-state index is 0.0704. The zero-order chi connectivity index (χ0) is 31.7. The second-order valence-electron chi connectivity index (χ2n) is 13.1. The first-order chi connectivity index (χ1) is 21.8. The van der Waals surface area contributed by atoms with Crippen LogP contribution in [0.1, 0.15) is 70.0 Å². The van der Waals surface area contributed by atoms with Gasteiger partial charge in [0, 0.05) is 39.2 Å². The average molecular weight is 620 g/mol. The number of hydrogen-bond donors (Lipinski definition) is 1. The number of ether oxygens (including phenoxy) is 2. The summed E-state index contributed by atoms with van der Waals surface area (Å²) in [5.74, 6) is -3.16. The number of amides is 3. The van der Waals surface area contributed by atoms with E-state index in [-0.39, 0.29) is 43.3 Å². The third-order valence-corrected chi connectivity index (χ3v) is 10.5. The number of carbonyl (C=O) groups excluding carboxylic acids is 4. The summed E-state index contributed by atoms with van der Waals surface area (Å²) in [6.07, 6.45) is 11.9. The smallest absolute Gasteiger partial charge is 0.313 e. The van der Waals surface area contributed by atoms with E-state index in [9.17, 15) is 24.3 Å². The molecule has 1 spiro atoms. The molecular formula is C35H45N3O7. The van der Waals surface area contributed by atoms with Crippen LogP contribution in [0.5, 0.6) is 0 Å². The first kappa shape index (κ1) is 31.5. The first-order valence-electron chi connectivity index (χ1n) is 16.5. The third-order valence-electron chi connectivity index (χ3n) is 10.5. The van der Waals surface area contributed by atoms with Crippen LogP contribution in [-0.4, -0.2) is 100 Å². The van der Waals surface area contributed by atoms with Crippen molar-refractivity contribution < 1.29 is 33.8 Å². The van der Waals surface area contributed by atoms with Gasteiger partial charge in [0.2, 0.25) is 17.7 Å². The van der Waals surface area contributed by atoms with Crippen molar-refractivity contribution in [2.75, 3.05) is 26.7 Å². The molecule has 0 radical (unpaired) electrons. The Balaban J connectivity index is 1.42. The van der Waals surface area contributed by atoms with Gasteiger partial charge in [0.25, 0.3) is 0 Å². The van der Waals surface area contributed by atoms with Gasteiger partial charge in [0.1, 0.15) is 23.7 Å². The first-order valence-corrected chi connectivity index (χ1v) is 16.5. The summed E-state index contributed by atoms with van der Waals surface area (Å²) in [6.45, 7) is 2.32. The lowest BCUT2D eigenvalue weighted by molar-refractivity contribution is -0.164. The minimum Gasteiger partial charge on any atom is -0.455 e. The molecule has 5 aliphatic rings. The number of likely N-dealkylation sites (tertiary alicyclic amines) is 1. The second kappa shape index (κ2) is 13.1. The molecule has 0 bridgehead atoms. The van der Waals surface area contributed by atoms with E-state index in [1.54, 1.807) is 22.9 Å². The fraction of sp³-hybridized carbons (Fsp3) is 0.600. The molecule has 4 aliphatic heterocycles. The van der Waals surface area contributed by atoms with Gasteiger partial charge >= 0.3 is 5.97 Å². The van der Waals surface area contributed by atoms with Crippen LogP contribution >= 0.6 is 0 Å². The van der Waals surface area contributed by atoms with Crippen molar-refractivity contribution in [3.63, 3.8) is 0 Å². The van der Waals surface area contributed by atoms with Crippen LogP contribution in [0.15, 0.2) is 54.6 Å². The monoisotopic (exact) mass is 619 g/mol. The van der Waals surface area contributed by atoms with Gasteiger partial charge in [-0.3, -0.25) is 19.2 Å². The van der Waals surface area contributed by atoms with E-state index in [4.69, 9.17) is 9.47 Å². The molecule has 10 nitrogen and oxygen atoms in total. The molecule has 1 aliphatic carbocycles. The van der Waals surface area contributed by atoms with Crippen LogP contribution in [0.3, 0.4) is 0 Å². The zero-order valence-electron chi connectivity index (χ0n) is 26.3. The Bertz CT molecular complexity index is 1340. The van der Waals surface area contributed by atoms with Gasteiger partial charge in [-0.2, -0.15) is 0 Å². The number of likely N-dealkylation sites (N-methyl/N-ethyl adjacent to an activating group) is 1. The highest BCUT2D eigenvalue weighted by molar-refractivity contribution is 5.99. The highest BCUT2D eigenvalue weighted by Crippen LogP contribution is 2.53. The van der Waals surface area contributed by atoms with Crippen molar-refractivity contribution in [1.82, 2.24) is 14.7 Å². The van der Waals surface area contributed by atoms with Gasteiger partial charge in [-0.05, 0) is 38.2 Å². The fourth-order valence-corrected chi connectivity index (χ4v) is 8.11. The molecule has 0 unspecified atom stereocenters. The Labute approximate surface area is 265 Å². The molecule has 45 heavy (non-hydrogen) atoms. The van der Waals surface area contributed by atoms with Crippen LogP contribution in [-0.2, 0) is 28.7 Å². The van der Waals surface area contributed by atoms with Gasteiger partial charge in [-0.15, -0.1) is 0 Å². The second-order valence-corrected chi connectivity index (χ2v) is 13.1. The molecule has 1 aromatic rings. The van der Waals surface area contributed by atoms with Crippen LogP contribution in [0, 0.1) is 11.8 Å². The molecule has 3 fully saturated rings. The van der Waals surface area contributed by atoms with Gasteiger partial charge in [-0.25, -0.2) is 0 Å². The number of aliphatic hydroxyl groups is 1. The summed E-state index contributed by atoms with van der Waals surface area (Å²) in [5.41, 5.74) is -0.629. The van der Waals surface area contributed by atoms with E-state index < -0.39 is 47.7 Å². The molecule has 242 valence electrons. The molecule has 1 aromatic carbocycles. The van der Waals surface area contributed by atoms with Crippen LogP contribution < -0.4 is 0 Å². The minimum atomic E-state index is -1.37. The lowest BCUT2D eigenvalue weighted by Crippen LogP contribution is -2.57. The van der Waals surface area contributed by atoms with Crippen LogP contribution in [0.2, 0.25) is 0 Å². The SMILES string of the molecule is C[C@H]1[C@H](c2ccccc2)OC(=O)[C@@H]2[C@H](/C=C\CCC(=O)N1C)O[C@@]13C=CCN(C4CCCCC4)C(=O)[C@@H]1N(CCCO)C(=O)[C@@H]23. The molecule has 0 aromatic heterocycles. The number of nitrogens with zero attached hydrogens (tertiary/aromatic N) is 3. The van der Waals surface area contributed by atoms with E-state index >= 15 is 0 Å². The van der Waals surface area contributed by atoms with E-state index in [0.29, 0.717) is 19.4 Å². The highest BCUT2D eigenvalue weighted by Gasteiger charge is 2.72. The predicted octanol–water partition coefficient (Wildman–Crippen LogP) is 3.16. The molecule has 4 heterocycles. The van der Waals surface area contributed by atoms with E-state index in [2.05, 4.69) is 0 Å². The Kier molecular flexibility index (Phi) is 9.15. The standard InChI is InChI=1S/C35H45N3O7/c1-23-30(24-13-5-3-6-14-24)44-34(43)28-26(17-9-10-18-27(40)36(23)2)45-35-19-11-20-37(25-15-7-4-8-16-25)33(42)31(35)38(21-12-22-39)32(41)29(28)35/h3,5-6,9,11,13-14,17,19,23,25-26,28-31,39H,4,7-8,10,12,15-16,18,20-22H2,1-2H3/b17-9-/t23-,26-,28+,29+,30+,31-,35+/m0/s1. The summed E-state index contributed by atoms with van der Waals surface area (Å²) in [6, 6.07) is 7.98. The number of carbonyl (C=O) groups is 4. The van der Waals surface area contributed by atoms with E-state index in [1.165, 1.54) is 0 Å². The fourth-order valence-electron chi connectivity index (χ4n) is 8.11. The topological polar surface area (TPSA) is 117 Å². The summed E-state index contributed by atoms with van der Waals surface area (Å²) in [7, 11) is 1.72. The quantitative estimate of drug-likeness (QED) is 0.398.